The summed E-state index contributed by atoms with van der Waals surface area (Å²) >= 11 is 0. The highest BCUT2D eigenvalue weighted by molar-refractivity contribution is 7.88. The molecule has 7 heteroatoms. The molecule has 0 aliphatic carbocycles. The van der Waals surface area contributed by atoms with Crippen LogP contribution >= 0.6 is 0 Å². The average molecular weight is 326 g/mol. The number of benzene rings is 1. The molecule has 0 N–H and O–H groups in total. The highest BCUT2D eigenvalue weighted by Gasteiger charge is 2.32. The number of piperazine rings is 1. The van der Waals surface area contributed by atoms with Crippen LogP contribution in [0.5, 0.6) is 5.75 Å². The van der Waals surface area contributed by atoms with E-state index in [-0.39, 0.29) is 11.9 Å². The van der Waals surface area contributed by atoms with Crippen LogP contribution in [0.15, 0.2) is 18.2 Å². The van der Waals surface area contributed by atoms with Crippen LogP contribution in [0.25, 0.3) is 0 Å². The summed E-state index contributed by atoms with van der Waals surface area (Å²) < 4.78 is 29.9. The molecule has 2 rings (SSSR count). The third kappa shape index (κ3) is 3.41. The Bertz CT molecular complexity index is 672. The molecule has 1 fully saturated rings. The molecule has 1 aromatic rings. The molecule has 1 aliphatic heterocycles. The van der Waals surface area contributed by atoms with Crippen LogP contribution in [0.2, 0.25) is 0 Å². The fourth-order valence-corrected chi connectivity index (χ4v) is 3.93. The van der Waals surface area contributed by atoms with Crippen LogP contribution in [0.3, 0.4) is 0 Å². The normalized spacial score (nSPS) is 20.0. The summed E-state index contributed by atoms with van der Waals surface area (Å²) in [4.78, 5) is 14.3. The Balaban J connectivity index is 2.15. The van der Waals surface area contributed by atoms with E-state index in [1.165, 1.54) is 10.6 Å². The Labute approximate surface area is 131 Å². The number of carbonyl (C=O) groups is 1. The minimum Gasteiger partial charge on any atom is -0.497 e. The second-order valence-electron chi connectivity index (χ2n) is 5.65. The van der Waals surface area contributed by atoms with Gasteiger partial charge in [0.15, 0.2) is 0 Å². The first kappa shape index (κ1) is 16.8. The number of hydrogen-bond donors (Lipinski definition) is 0. The lowest BCUT2D eigenvalue weighted by molar-refractivity contribution is 0.0642. The number of aryl methyl sites for hydroxylation is 1. The SMILES string of the molecule is COc1ccc(C(=O)N2CCN(S(C)(=O)=O)[C@@H](C)C2)c(C)c1. The predicted octanol–water partition coefficient (Wildman–Crippen LogP) is 1.11. The number of sulfonamides is 1. The lowest BCUT2D eigenvalue weighted by Gasteiger charge is -2.38. The lowest BCUT2D eigenvalue weighted by Crippen LogP contribution is -2.55. The second-order valence-corrected chi connectivity index (χ2v) is 7.59. The van der Waals surface area contributed by atoms with E-state index in [0.29, 0.717) is 30.9 Å². The number of amides is 1. The average Bonchev–Trinajstić information content (AvgIpc) is 2.44. The molecule has 1 aliphatic rings. The molecule has 1 aromatic carbocycles. The van der Waals surface area contributed by atoms with E-state index in [2.05, 4.69) is 0 Å². The standard InChI is InChI=1S/C15H22N2O4S/c1-11-9-13(21-3)5-6-14(11)15(18)16-7-8-17(12(2)10-16)22(4,19)20/h5-6,9,12H,7-8,10H2,1-4H3/t12-/m0/s1. The van der Waals surface area contributed by atoms with Gasteiger partial charge in [-0.1, -0.05) is 0 Å². The quantitative estimate of drug-likeness (QED) is 0.834. The summed E-state index contributed by atoms with van der Waals surface area (Å²) in [7, 11) is -1.64. The molecule has 0 bridgehead atoms. The molecule has 1 heterocycles. The van der Waals surface area contributed by atoms with Gasteiger partial charge in [0.05, 0.1) is 13.4 Å². The molecule has 22 heavy (non-hydrogen) atoms. The number of hydrogen-bond acceptors (Lipinski definition) is 4. The Morgan fingerprint density at radius 2 is 2.00 bits per heavy atom. The number of methoxy groups -OCH3 is 1. The van der Waals surface area contributed by atoms with Crippen molar-refractivity contribution in [1.29, 1.82) is 0 Å². The first-order chi connectivity index (χ1) is 10.2. The van der Waals surface area contributed by atoms with Crippen molar-refractivity contribution in [3.05, 3.63) is 29.3 Å². The fraction of sp³-hybridized carbons (Fsp3) is 0.533. The minimum atomic E-state index is -3.23. The van der Waals surface area contributed by atoms with Gasteiger partial charge in [-0.2, -0.15) is 4.31 Å². The zero-order valence-electron chi connectivity index (χ0n) is 13.4. The van der Waals surface area contributed by atoms with E-state index in [0.717, 1.165) is 5.56 Å². The van der Waals surface area contributed by atoms with E-state index < -0.39 is 10.0 Å². The van der Waals surface area contributed by atoms with Crippen LogP contribution in [0.1, 0.15) is 22.8 Å². The molecule has 122 valence electrons. The van der Waals surface area contributed by atoms with Crippen LogP contribution in [-0.4, -0.2) is 62.6 Å². The topological polar surface area (TPSA) is 66.9 Å². The van der Waals surface area contributed by atoms with Gasteiger partial charge in [-0.3, -0.25) is 4.79 Å². The second kappa shape index (κ2) is 6.26. The van der Waals surface area contributed by atoms with Gasteiger partial charge in [-0.15, -0.1) is 0 Å². The minimum absolute atomic E-state index is 0.0693. The van der Waals surface area contributed by atoms with Gasteiger partial charge in [-0.25, -0.2) is 8.42 Å². The summed E-state index contributed by atoms with van der Waals surface area (Å²) in [5, 5.41) is 0. The maximum absolute atomic E-state index is 12.6. The maximum Gasteiger partial charge on any atom is 0.254 e. The van der Waals surface area contributed by atoms with E-state index in [1.54, 1.807) is 24.1 Å². The fourth-order valence-electron chi connectivity index (χ4n) is 2.79. The lowest BCUT2D eigenvalue weighted by atomic mass is 10.1. The van der Waals surface area contributed by atoms with Crippen molar-refractivity contribution in [3.63, 3.8) is 0 Å². The first-order valence-electron chi connectivity index (χ1n) is 7.14. The Morgan fingerprint density at radius 3 is 2.50 bits per heavy atom. The van der Waals surface area contributed by atoms with E-state index in [4.69, 9.17) is 4.74 Å². The number of ether oxygens (including phenoxy) is 1. The third-order valence-corrected chi connectivity index (χ3v) is 5.34. The highest BCUT2D eigenvalue weighted by atomic mass is 32.2. The number of carbonyl (C=O) groups excluding carboxylic acids is 1. The van der Waals surface area contributed by atoms with E-state index >= 15 is 0 Å². The van der Waals surface area contributed by atoms with Crippen molar-refractivity contribution in [2.24, 2.45) is 0 Å². The van der Waals surface area contributed by atoms with Gasteiger partial charge in [-0.05, 0) is 37.6 Å². The van der Waals surface area contributed by atoms with Gasteiger partial charge < -0.3 is 9.64 Å². The van der Waals surface area contributed by atoms with Gasteiger partial charge in [0, 0.05) is 31.2 Å². The Hall–Kier alpha value is -1.60. The monoisotopic (exact) mass is 326 g/mol. The first-order valence-corrected chi connectivity index (χ1v) is 8.99. The molecule has 0 radical (unpaired) electrons. The molecular weight excluding hydrogens is 304 g/mol. The van der Waals surface area contributed by atoms with Gasteiger partial charge in [0.25, 0.3) is 5.91 Å². The van der Waals surface area contributed by atoms with Gasteiger partial charge in [0.2, 0.25) is 10.0 Å². The van der Waals surface area contributed by atoms with Crippen LogP contribution in [0.4, 0.5) is 0 Å². The van der Waals surface area contributed by atoms with E-state index in [9.17, 15) is 13.2 Å². The zero-order valence-corrected chi connectivity index (χ0v) is 14.2. The Morgan fingerprint density at radius 1 is 1.32 bits per heavy atom. The van der Waals surface area contributed by atoms with Crippen molar-refractivity contribution < 1.29 is 17.9 Å². The summed E-state index contributed by atoms with van der Waals surface area (Å²) in [5.41, 5.74) is 1.48. The summed E-state index contributed by atoms with van der Waals surface area (Å²) in [5.74, 6) is 0.643. The molecule has 0 spiro atoms. The predicted molar refractivity (Wildman–Crippen MR) is 84.6 cm³/mol. The Kier molecular flexibility index (Phi) is 4.77. The van der Waals surface area contributed by atoms with E-state index in [1.807, 2.05) is 19.9 Å². The van der Waals surface area contributed by atoms with Gasteiger partial charge >= 0.3 is 0 Å². The molecule has 0 unspecified atom stereocenters. The van der Waals surface area contributed by atoms with Crippen LogP contribution < -0.4 is 4.74 Å². The molecular formula is C15H22N2O4S. The molecule has 1 saturated heterocycles. The summed E-state index contributed by atoms with van der Waals surface area (Å²) in [6, 6.07) is 5.12. The van der Waals surface area contributed by atoms with Crippen molar-refractivity contribution in [1.82, 2.24) is 9.21 Å². The van der Waals surface area contributed by atoms with Crippen molar-refractivity contribution in [2.75, 3.05) is 33.0 Å². The highest BCUT2D eigenvalue weighted by Crippen LogP contribution is 2.20. The smallest absolute Gasteiger partial charge is 0.254 e. The summed E-state index contributed by atoms with van der Waals surface area (Å²) in [6.07, 6.45) is 1.20. The molecule has 1 atom stereocenters. The molecule has 1 amide bonds. The van der Waals surface area contributed by atoms with Gasteiger partial charge in [0.1, 0.15) is 5.75 Å². The van der Waals surface area contributed by atoms with Crippen LogP contribution in [-0.2, 0) is 10.0 Å². The zero-order chi connectivity index (χ0) is 16.5. The number of rotatable bonds is 3. The van der Waals surface area contributed by atoms with Crippen molar-refractivity contribution in [3.8, 4) is 5.75 Å². The van der Waals surface area contributed by atoms with Crippen molar-refractivity contribution >= 4 is 15.9 Å². The molecule has 6 nitrogen and oxygen atoms in total. The number of nitrogens with zero attached hydrogens (tertiary/aromatic N) is 2. The molecule has 0 saturated carbocycles. The largest absolute Gasteiger partial charge is 0.497 e. The third-order valence-electron chi connectivity index (χ3n) is 3.94. The van der Waals surface area contributed by atoms with Crippen molar-refractivity contribution in [2.45, 2.75) is 19.9 Å². The molecule has 0 aromatic heterocycles. The summed E-state index contributed by atoms with van der Waals surface area (Å²) in [6.45, 7) is 4.83. The maximum atomic E-state index is 12.6. The van der Waals surface area contributed by atoms with Crippen LogP contribution in [0, 0.1) is 6.92 Å².